The Kier molecular flexibility index (Phi) is 3.89. The van der Waals surface area contributed by atoms with Crippen molar-refractivity contribution in [3.05, 3.63) is 0 Å². The lowest BCUT2D eigenvalue weighted by Crippen LogP contribution is -2.48. The third-order valence-electron chi connectivity index (χ3n) is 2.79. The monoisotopic (exact) mass is 200 g/mol. The molecule has 82 valence electrons. The van der Waals surface area contributed by atoms with Crippen molar-refractivity contribution in [2.24, 2.45) is 5.73 Å². The van der Waals surface area contributed by atoms with Crippen LogP contribution in [0, 0.1) is 0 Å². The van der Waals surface area contributed by atoms with Crippen molar-refractivity contribution in [3.63, 3.8) is 0 Å². The Morgan fingerprint density at radius 2 is 2.07 bits per heavy atom. The Balaban J connectivity index is 2.32. The van der Waals surface area contributed by atoms with Gasteiger partial charge < -0.3 is 16.2 Å². The third-order valence-corrected chi connectivity index (χ3v) is 2.79. The van der Waals surface area contributed by atoms with Crippen LogP contribution in [0.3, 0.4) is 0 Å². The van der Waals surface area contributed by atoms with Gasteiger partial charge in [-0.2, -0.15) is 0 Å². The smallest absolute Gasteiger partial charge is 0.236 e. The molecule has 14 heavy (non-hydrogen) atoms. The number of hydrogen-bond donors (Lipinski definition) is 3. The average Bonchev–Trinajstić information content (AvgIpc) is 2.15. The Hall–Kier alpha value is -0.610. The highest BCUT2D eigenvalue weighted by Gasteiger charge is 2.29. The van der Waals surface area contributed by atoms with Crippen molar-refractivity contribution in [1.29, 1.82) is 0 Å². The van der Waals surface area contributed by atoms with Crippen LogP contribution in [0.15, 0.2) is 0 Å². The van der Waals surface area contributed by atoms with Gasteiger partial charge in [0.15, 0.2) is 0 Å². The van der Waals surface area contributed by atoms with Crippen LogP contribution in [0.5, 0.6) is 0 Å². The van der Waals surface area contributed by atoms with Gasteiger partial charge in [0.1, 0.15) is 0 Å². The predicted octanol–water partition coefficient (Wildman–Crippen LogP) is 0.145. The lowest BCUT2D eigenvalue weighted by Gasteiger charge is -2.32. The molecular weight excluding hydrogens is 180 g/mol. The first-order valence-electron chi connectivity index (χ1n) is 5.29. The Bertz CT molecular complexity index is 198. The van der Waals surface area contributed by atoms with E-state index in [1.807, 2.05) is 0 Å². The summed E-state index contributed by atoms with van der Waals surface area (Å²) >= 11 is 0. The van der Waals surface area contributed by atoms with Crippen LogP contribution in [0.2, 0.25) is 0 Å². The molecule has 0 bridgehead atoms. The molecule has 1 aliphatic rings. The van der Waals surface area contributed by atoms with E-state index >= 15 is 0 Å². The molecule has 0 aliphatic heterocycles. The minimum atomic E-state index is -0.692. The van der Waals surface area contributed by atoms with E-state index in [1.165, 1.54) is 6.42 Å². The zero-order chi connectivity index (χ0) is 10.6. The van der Waals surface area contributed by atoms with Crippen molar-refractivity contribution in [2.75, 3.05) is 6.54 Å². The van der Waals surface area contributed by atoms with Gasteiger partial charge in [0.05, 0.1) is 11.6 Å². The van der Waals surface area contributed by atoms with E-state index in [1.54, 1.807) is 6.92 Å². The molecule has 0 aromatic heterocycles. The number of rotatable bonds is 3. The SMILES string of the molecule is C[C@H](N)C(=O)NCC1(O)CCCCC1. The van der Waals surface area contributed by atoms with Crippen molar-refractivity contribution < 1.29 is 9.90 Å². The second-order valence-electron chi connectivity index (χ2n) is 4.29. The lowest BCUT2D eigenvalue weighted by atomic mass is 9.85. The van der Waals surface area contributed by atoms with Crippen LogP contribution in [0.4, 0.5) is 0 Å². The summed E-state index contributed by atoms with van der Waals surface area (Å²) in [5.41, 5.74) is 4.71. The van der Waals surface area contributed by atoms with Gasteiger partial charge in [-0.1, -0.05) is 19.3 Å². The first kappa shape index (κ1) is 11.5. The number of amides is 1. The molecule has 4 heteroatoms. The maximum absolute atomic E-state index is 11.2. The van der Waals surface area contributed by atoms with Crippen LogP contribution < -0.4 is 11.1 Å². The van der Waals surface area contributed by atoms with Crippen molar-refractivity contribution in [1.82, 2.24) is 5.32 Å². The lowest BCUT2D eigenvalue weighted by molar-refractivity contribution is -0.123. The molecule has 0 saturated heterocycles. The molecule has 1 rings (SSSR count). The maximum Gasteiger partial charge on any atom is 0.236 e. The summed E-state index contributed by atoms with van der Waals surface area (Å²) in [5.74, 6) is -0.191. The van der Waals surface area contributed by atoms with Crippen LogP contribution in [-0.4, -0.2) is 29.2 Å². The Morgan fingerprint density at radius 3 is 2.57 bits per heavy atom. The molecule has 0 aromatic carbocycles. The summed E-state index contributed by atoms with van der Waals surface area (Å²) in [6, 6.07) is -0.498. The van der Waals surface area contributed by atoms with E-state index in [4.69, 9.17) is 5.73 Å². The fourth-order valence-corrected chi connectivity index (χ4v) is 1.80. The standard InChI is InChI=1S/C10H20N2O2/c1-8(11)9(13)12-7-10(14)5-3-2-4-6-10/h8,14H,2-7,11H2,1H3,(H,12,13)/t8-/m0/s1. The summed E-state index contributed by atoms with van der Waals surface area (Å²) in [7, 11) is 0. The van der Waals surface area contributed by atoms with Crippen LogP contribution in [0.1, 0.15) is 39.0 Å². The van der Waals surface area contributed by atoms with Crippen LogP contribution in [-0.2, 0) is 4.79 Å². The summed E-state index contributed by atoms with van der Waals surface area (Å²) in [4.78, 5) is 11.2. The number of hydrogen-bond acceptors (Lipinski definition) is 3. The summed E-state index contributed by atoms with van der Waals surface area (Å²) < 4.78 is 0. The molecule has 4 N–H and O–H groups in total. The number of aliphatic hydroxyl groups is 1. The molecule has 0 aromatic rings. The van der Waals surface area contributed by atoms with E-state index in [-0.39, 0.29) is 5.91 Å². The predicted molar refractivity (Wildman–Crippen MR) is 54.7 cm³/mol. The van der Waals surface area contributed by atoms with E-state index in [0.717, 1.165) is 25.7 Å². The van der Waals surface area contributed by atoms with Crippen molar-refractivity contribution >= 4 is 5.91 Å². The van der Waals surface area contributed by atoms with Crippen LogP contribution >= 0.6 is 0 Å². The highest BCUT2D eigenvalue weighted by molar-refractivity contribution is 5.81. The fraction of sp³-hybridized carbons (Fsp3) is 0.900. The molecule has 0 unspecified atom stereocenters. The molecule has 1 atom stereocenters. The molecule has 0 heterocycles. The third kappa shape index (κ3) is 3.27. The summed E-state index contributed by atoms with van der Waals surface area (Å²) in [5, 5.41) is 12.7. The Morgan fingerprint density at radius 1 is 1.50 bits per heavy atom. The number of nitrogens with one attached hydrogen (secondary N) is 1. The highest BCUT2D eigenvalue weighted by atomic mass is 16.3. The van der Waals surface area contributed by atoms with Crippen molar-refractivity contribution in [2.45, 2.75) is 50.7 Å². The second-order valence-corrected chi connectivity index (χ2v) is 4.29. The molecule has 0 radical (unpaired) electrons. The fourth-order valence-electron chi connectivity index (χ4n) is 1.80. The summed E-state index contributed by atoms with van der Waals surface area (Å²) in [6.45, 7) is 1.98. The van der Waals surface area contributed by atoms with Gasteiger partial charge in [0, 0.05) is 6.54 Å². The minimum Gasteiger partial charge on any atom is -0.388 e. The largest absolute Gasteiger partial charge is 0.388 e. The summed E-state index contributed by atoms with van der Waals surface area (Å²) in [6.07, 6.45) is 4.84. The van der Waals surface area contributed by atoms with Gasteiger partial charge in [-0.05, 0) is 19.8 Å². The van der Waals surface area contributed by atoms with E-state index in [9.17, 15) is 9.90 Å². The number of nitrogens with two attached hydrogens (primary N) is 1. The zero-order valence-electron chi connectivity index (χ0n) is 8.75. The number of carbonyl (C=O) groups is 1. The molecule has 1 aliphatic carbocycles. The van der Waals surface area contributed by atoms with E-state index in [2.05, 4.69) is 5.32 Å². The molecule has 1 saturated carbocycles. The van der Waals surface area contributed by atoms with Gasteiger partial charge in [-0.3, -0.25) is 4.79 Å². The second kappa shape index (κ2) is 4.75. The first-order chi connectivity index (χ1) is 6.53. The molecule has 1 fully saturated rings. The van der Waals surface area contributed by atoms with E-state index in [0.29, 0.717) is 6.54 Å². The topological polar surface area (TPSA) is 75.4 Å². The van der Waals surface area contributed by atoms with Crippen molar-refractivity contribution in [3.8, 4) is 0 Å². The van der Waals surface area contributed by atoms with Gasteiger partial charge in [-0.15, -0.1) is 0 Å². The van der Waals surface area contributed by atoms with Gasteiger partial charge >= 0.3 is 0 Å². The maximum atomic E-state index is 11.2. The zero-order valence-corrected chi connectivity index (χ0v) is 8.75. The number of carbonyl (C=O) groups excluding carboxylic acids is 1. The molecular formula is C10H20N2O2. The van der Waals surface area contributed by atoms with Gasteiger partial charge in [-0.25, -0.2) is 0 Å². The first-order valence-corrected chi connectivity index (χ1v) is 5.29. The van der Waals surface area contributed by atoms with Crippen LogP contribution in [0.25, 0.3) is 0 Å². The normalized spacial score (nSPS) is 22.8. The molecule has 0 spiro atoms. The Labute approximate surface area is 84.9 Å². The average molecular weight is 200 g/mol. The van der Waals surface area contributed by atoms with Gasteiger partial charge in [0.2, 0.25) is 5.91 Å². The van der Waals surface area contributed by atoms with Gasteiger partial charge in [0.25, 0.3) is 0 Å². The molecule has 1 amide bonds. The van der Waals surface area contributed by atoms with E-state index < -0.39 is 11.6 Å². The highest BCUT2D eigenvalue weighted by Crippen LogP contribution is 2.27. The quantitative estimate of drug-likeness (QED) is 0.607. The minimum absolute atomic E-state index is 0.191. The molecule has 4 nitrogen and oxygen atoms in total.